The van der Waals surface area contributed by atoms with Gasteiger partial charge in [0.05, 0.1) is 12.2 Å². The monoisotopic (exact) mass is 567 g/mol. The van der Waals surface area contributed by atoms with E-state index in [4.69, 9.17) is 0 Å². The molecule has 0 spiro atoms. The minimum Gasteiger partial charge on any atom is -0.349 e. The van der Waals surface area contributed by atoms with Gasteiger partial charge in [0.25, 0.3) is 5.91 Å². The summed E-state index contributed by atoms with van der Waals surface area (Å²) >= 11 is 0. The fourth-order valence-corrected chi connectivity index (χ4v) is 4.52. The molecule has 5 rings (SSSR count). The van der Waals surface area contributed by atoms with E-state index in [2.05, 4.69) is 25.6 Å². The Hall–Kier alpha value is -4.88. The topological polar surface area (TPSA) is 113 Å². The lowest BCUT2D eigenvalue weighted by Gasteiger charge is -2.30. The maximum Gasteiger partial charge on any atom is 0.449 e. The number of pyridine rings is 1. The predicted molar refractivity (Wildman–Crippen MR) is 145 cm³/mol. The van der Waals surface area contributed by atoms with Crippen LogP contribution in [0.2, 0.25) is 0 Å². The van der Waals surface area contributed by atoms with Gasteiger partial charge in [0.1, 0.15) is 11.6 Å². The maximum atomic E-state index is 13.8. The number of aromatic nitrogens is 5. The van der Waals surface area contributed by atoms with Gasteiger partial charge in [-0.25, -0.2) is 19.7 Å². The number of carbonyl (C=O) groups is 2. The number of benzene rings is 1. The molecule has 0 saturated heterocycles. The molecule has 1 aromatic carbocycles. The lowest BCUT2D eigenvalue weighted by Crippen LogP contribution is -2.36. The second-order valence-corrected chi connectivity index (χ2v) is 9.77. The Morgan fingerprint density at radius 1 is 1.05 bits per heavy atom. The molecular weight excluding hydrogens is 539 g/mol. The summed E-state index contributed by atoms with van der Waals surface area (Å²) in [6, 6.07) is 10.1. The standard InChI is InChI=1S/C27H28F3N9O2/c1-36(2)26(41)34-19-7-4-17(5-8-19)14-33-24(40)22-20-16-38(12-13-39(20)25(35-22)27(28,29)30)21-9-6-18(15-32-21)23-31-10-11-37(23)3/h4-11,15H,12-14,16H2,1-3H3,(H,33,40)(H,34,41). The molecule has 1 aliphatic rings. The van der Waals surface area contributed by atoms with Gasteiger partial charge in [-0.3, -0.25) is 4.79 Å². The summed E-state index contributed by atoms with van der Waals surface area (Å²) in [5.41, 5.74) is 1.96. The van der Waals surface area contributed by atoms with E-state index >= 15 is 0 Å². The molecule has 0 saturated carbocycles. The van der Waals surface area contributed by atoms with E-state index < -0.39 is 17.9 Å². The van der Waals surface area contributed by atoms with Gasteiger partial charge in [-0.2, -0.15) is 13.2 Å². The molecule has 214 valence electrons. The molecule has 0 unspecified atom stereocenters. The van der Waals surface area contributed by atoms with Crippen molar-refractivity contribution in [2.24, 2.45) is 7.05 Å². The lowest BCUT2D eigenvalue weighted by atomic mass is 10.2. The second kappa shape index (κ2) is 10.9. The van der Waals surface area contributed by atoms with E-state index in [1.165, 1.54) is 4.90 Å². The number of nitrogens with zero attached hydrogens (tertiary/aromatic N) is 7. The Balaban J connectivity index is 1.32. The molecule has 3 amide bonds. The predicted octanol–water partition coefficient (Wildman–Crippen LogP) is 3.74. The molecule has 41 heavy (non-hydrogen) atoms. The van der Waals surface area contributed by atoms with E-state index in [0.29, 0.717) is 17.1 Å². The number of alkyl halides is 3. The number of nitrogens with one attached hydrogen (secondary N) is 2. The minimum atomic E-state index is -4.72. The number of halogens is 3. The number of amides is 3. The van der Waals surface area contributed by atoms with Crippen LogP contribution in [0.15, 0.2) is 55.0 Å². The van der Waals surface area contributed by atoms with Crippen LogP contribution in [-0.2, 0) is 32.9 Å². The minimum absolute atomic E-state index is 0.00656. The van der Waals surface area contributed by atoms with E-state index in [0.717, 1.165) is 16.0 Å². The molecule has 0 radical (unpaired) electrons. The number of hydrogen-bond acceptors (Lipinski definition) is 6. The van der Waals surface area contributed by atoms with Crippen molar-refractivity contribution in [2.45, 2.75) is 25.8 Å². The third-order valence-corrected chi connectivity index (χ3v) is 6.69. The van der Waals surface area contributed by atoms with Gasteiger partial charge >= 0.3 is 12.2 Å². The van der Waals surface area contributed by atoms with E-state index in [-0.39, 0.29) is 43.6 Å². The molecule has 0 atom stereocenters. The van der Waals surface area contributed by atoms with Gasteiger partial charge in [0, 0.05) is 70.6 Å². The summed E-state index contributed by atoms with van der Waals surface area (Å²) in [5.74, 6) is -0.509. The maximum absolute atomic E-state index is 13.8. The Labute approximate surface area is 233 Å². The molecule has 4 aromatic rings. The zero-order chi connectivity index (χ0) is 29.3. The Morgan fingerprint density at radius 2 is 1.80 bits per heavy atom. The van der Waals surface area contributed by atoms with Crippen molar-refractivity contribution >= 4 is 23.4 Å². The largest absolute Gasteiger partial charge is 0.449 e. The van der Waals surface area contributed by atoms with Gasteiger partial charge in [0.15, 0.2) is 5.69 Å². The number of anilines is 2. The molecule has 11 nitrogen and oxygen atoms in total. The highest BCUT2D eigenvalue weighted by Gasteiger charge is 2.41. The Bertz CT molecular complexity index is 1560. The highest BCUT2D eigenvalue weighted by Crippen LogP contribution is 2.33. The number of carbonyl (C=O) groups excluding carboxylic acids is 2. The van der Waals surface area contributed by atoms with Crippen molar-refractivity contribution in [2.75, 3.05) is 30.9 Å². The van der Waals surface area contributed by atoms with E-state index in [9.17, 15) is 22.8 Å². The number of rotatable bonds is 6. The van der Waals surface area contributed by atoms with Gasteiger partial charge in [-0.05, 0) is 29.8 Å². The number of imidazole rings is 2. The first-order chi connectivity index (χ1) is 19.5. The van der Waals surface area contributed by atoms with Crippen molar-refractivity contribution in [3.05, 3.63) is 77.8 Å². The molecule has 3 aromatic heterocycles. The Kier molecular flexibility index (Phi) is 7.39. The summed E-state index contributed by atoms with van der Waals surface area (Å²) in [6.07, 6.45) is 0.446. The van der Waals surface area contributed by atoms with Gasteiger partial charge < -0.3 is 29.6 Å². The van der Waals surface area contributed by atoms with Gasteiger partial charge in [-0.1, -0.05) is 12.1 Å². The van der Waals surface area contributed by atoms with Crippen LogP contribution in [-0.4, -0.2) is 61.6 Å². The third kappa shape index (κ3) is 5.85. The van der Waals surface area contributed by atoms with Crippen molar-refractivity contribution in [3.8, 4) is 11.4 Å². The average Bonchev–Trinajstić information content (AvgIpc) is 3.56. The normalized spacial score (nSPS) is 13.1. The van der Waals surface area contributed by atoms with Crippen LogP contribution in [0.5, 0.6) is 0 Å². The molecule has 2 N–H and O–H groups in total. The first-order valence-corrected chi connectivity index (χ1v) is 12.7. The van der Waals surface area contributed by atoms with Crippen LogP contribution in [0.1, 0.15) is 27.6 Å². The van der Waals surface area contributed by atoms with Crippen LogP contribution in [0.25, 0.3) is 11.4 Å². The third-order valence-electron chi connectivity index (χ3n) is 6.69. The first kappa shape index (κ1) is 27.7. The SMILES string of the molecule is CN(C)C(=O)Nc1ccc(CNC(=O)c2nc(C(F)(F)F)n3c2CN(c2ccc(-c4nccn4C)cn2)CC3)cc1. The van der Waals surface area contributed by atoms with Crippen LogP contribution in [0.4, 0.5) is 29.5 Å². The average molecular weight is 568 g/mol. The van der Waals surface area contributed by atoms with Gasteiger partial charge in [0.2, 0.25) is 5.82 Å². The number of hydrogen-bond donors (Lipinski definition) is 2. The summed E-state index contributed by atoms with van der Waals surface area (Å²) < 4.78 is 44.4. The fourth-order valence-electron chi connectivity index (χ4n) is 4.52. The van der Waals surface area contributed by atoms with Crippen LogP contribution in [0, 0.1) is 0 Å². The molecule has 14 heteroatoms. The van der Waals surface area contributed by atoms with Crippen LogP contribution < -0.4 is 15.5 Å². The lowest BCUT2D eigenvalue weighted by molar-refractivity contribution is -0.147. The van der Waals surface area contributed by atoms with Crippen molar-refractivity contribution < 1.29 is 22.8 Å². The zero-order valence-electron chi connectivity index (χ0n) is 22.6. The van der Waals surface area contributed by atoms with Crippen molar-refractivity contribution in [1.82, 2.24) is 34.3 Å². The van der Waals surface area contributed by atoms with Gasteiger partial charge in [-0.15, -0.1) is 0 Å². The van der Waals surface area contributed by atoms with Crippen molar-refractivity contribution in [3.63, 3.8) is 0 Å². The number of urea groups is 1. The molecule has 4 heterocycles. The van der Waals surface area contributed by atoms with Crippen LogP contribution in [0.3, 0.4) is 0 Å². The fraction of sp³-hybridized carbons (Fsp3) is 0.296. The Morgan fingerprint density at radius 3 is 2.41 bits per heavy atom. The molecule has 1 aliphatic heterocycles. The summed E-state index contributed by atoms with van der Waals surface area (Å²) in [7, 11) is 5.11. The quantitative estimate of drug-likeness (QED) is 0.367. The van der Waals surface area contributed by atoms with E-state index in [1.807, 2.05) is 28.8 Å². The molecule has 0 bridgehead atoms. The van der Waals surface area contributed by atoms with E-state index in [1.54, 1.807) is 56.8 Å². The zero-order valence-corrected chi connectivity index (χ0v) is 22.6. The molecule has 0 aliphatic carbocycles. The summed E-state index contributed by atoms with van der Waals surface area (Å²) in [5, 5.41) is 5.38. The van der Waals surface area contributed by atoms with Crippen LogP contribution >= 0.6 is 0 Å². The summed E-state index contributed by atoms with van der Waals surface area (Å²) in [4.78, 5) is 40.7. The summed E-state index contributed by atoms with van der Waals surface area (Å²) in [6.45, 7) is 0.349. The number of aryl methyl sites for hydroxylation is 1. The highest BCUT2D eigenvalue weighted by atomic mass is 19.4. The molecular formula is C27H28F3N9O2. The second-order valence-electron chi connectivity index (χ2n) is 9.77. The smallest absolute Gasteiger partial charge is 0.349 e. The highest BCUT2D eigenvalue weighted by molar-refractivity contribution is 5.94. The van der Waals surface area contributed by atoms with Crippen molar-refractivity contribution in [1.29, 1.82) is 0 Å². The molecule has 0 fully saturated rings. The first-order valence-electron chi connectivity index (χ1n) is 12.7. The number of fused-ring (bicyclic) bond motifs is 1.